The lowest BCUT2D eigenvalue weighted by Gasteiger charge is -2.14. The molecule has 0 aliphatic rings. The molecule has 106 valence electrons. The zero-order chi connectivity index (χ0) is 14.9. The normalized spacial score (nSPS) is 11.1. The number of hydrogen-bond acceptors (Lipinski definition) is 4. The van der Waals surface area contributed by atoms with Crippen molar-refractivity contribution in [3.05, 3.63) is 65.5 Å². The van der Waals surface area contributed by atoms with E-state index in [1.54, 1.807) is 19.4 Å². The van der Waals surface area contributed by atoms with Crippen molar-refractivity contribution in [1.29, 1.82) is 0 Å². The average Bonchev–Trinajstić information content (AvgIpc) is 2.55. The molecule has 4 heteroatoms. The van der Waals surface area contributed by atoms with Crippen LogP contribution in [0.2, 0.25) is 0 Å². The van der Waals surface area contributed by atoms with Crippen LogP contribution in [0.1, 0.15) is 22.7 Å². The molecule has 0 amide bonds. The fourth-order valence-electron chi connectivity index (χ4n) is 1.86. The number of nitrogens with zero attached hydrogens (tertiary/aromatic N) is 1. The third-order valence-electron chi connectivity index (χ3n) is 2.97. The van der Waals surface area contributed by atoms with E-state index in [0.29, 0.717) is 6.47 Å². The van der Waals surface area contributed by atoms with E-state index in [0.717, 1.165) is 16.7 Å². The lowest BCUT2D eigenvalue weighted by Crippen LogP contribution is -2.21. The summed E-state index contributed by atoms with van der Waals surface area (Å²) in [7, 11) is 1.81. The first-order chi connectivity index (χ1) is 10.3. The minimum atomic E-state index is -0.0961. The van der Waals surface area contributed by atoms with Gasteiger partial charge in [-0.3, -0.25) is 9.78 Å². The Bertz CT molecular complexity index is 645. The predicted octanol–water partition coefficient (Wildman–Crippen LogP) is 1.91. The van der Waals surface area contributed by atoms with Crippen LogP contribution in [0.25, 0.3) is 0 Å². The van der Waals surface area contributed by atoms with Crippen molar-refractivity contribution < 1.29 is 9.53 Å². The molecular formula is C17H16N2O2. The lowest BCUT2D eigenvalue weighted by atomic mass is 10.1. The molecule has 0 aliphatic carbocycles. The number of nitrogens with one attached hydrogen (secondary N) is 1. The van der Waals surface area contributed by atoms with Gasteiger partial charge in [0.1, 0.15) is 6.61 Å². The summed E-state index contributed by atoms with van der Waals surface area (Å²) in [4.78, 5) is 14.5. The number of carbonyl (C=O) groups is 1. The molecule has 0 fully saturated rings. The van der Waals surface area contributed by atoms with E-state index in [1.807, 2.05) is 36.4 Å². The molecule has 1 aromatic heterocycles. The summed E-state index contributed by atoms with van der Waals surface area (Å²) in [6, 6.07) is 11.6. The van der Waals surface area contributed by atoms with Crippen LogP contribution in [-0.2, 0) is 9.53 Å². The Morgan fingerprint density at radius 2 is 2.00 bits per heavy atom. The van der Waals surface area contributed by atoms with E-state index in [2.05, 4.69) is 22.1 Å². The van der Waals surface area contributed by atoms with Gasteiger partial charge in [0, 0.05) is 23.5 Å². The minimum Gasteiger partial charge on any atom is -0.466 e. The van der Waals surface area contributed by atoms with Gasteiger partial charge in [-0.2, -0.15) is 0 Å². The molecule has 0 unspecified atom stereocenters. The Kier molecular flexibility index (Phi) is 5.50. The van der Waals surface area contributed by atoms with Crippen LogP contribution < -0.4 is 5.32 Å². The molecule has 21 heavy (non-hydrogen) atoms. The summed E-state index contributed by atoms with van der Waals surface area (Å²) in [5, 5.41) is 3.08. The van der Waals surface area contributed by atoms with Gasteiger partial charge in [-0.15, -0.1) is 0 Å². The average molecular weight is 280 g/mol. The maximum Gasteiger partial charge on any atom is 0.293 e. The molecule has 1 heterocycles. The van der Waals surface area contributed by atoms with Crippen molar-refractivity contribution in [3.63, 3.8) is 0 Å². The van der Waals surface area contributed by atoms with Gasteiger partial charge < -0.3 is 10.1 Å². The van der Waals surface area contributed by atoms with Gasteiger partial charge in [0.05, 0.1) is 6.04 Å². The minimum absolute atomic E-state index is 0.0961. The smallest absolute Gasteiger partial charge is 0.293 e. The summed E-state index contributed by atoms with van der Waals surface area (Å²) in [5.41, 5.74) is 2.71. The van der Waals surface area contributed by atoms with Crippen molar-refractivity contribution in [1.82, 2.24) is 10.3 Å². The van der Waals surface area contributed by atoms with Gasteiger partial charge in [0.25, 0.3) is 6.47 Å². The number of hydrogen-bond donors (Lipinski definition) is 1. The van der Waals surface area contributed by atoms with Gasteiger partial charge >= 0.3 is 0 Å². The van der Waals surface area contributed by atoms with Gasteiger partial charge in [-0.1, -0.05) is 30.0 Å². The Labute approximate surface area is 124 Å². The first-order valence-corrected chi connectivity index (χ1v) is 6.58. The predicted molar refractivity (Wildman–Crippen MR) is 80.5 cm³/mol. The maximum atomic E-state index is 10.3. The molecule has 0 spiro atoms. The zero-order valence-corrected chi connectivity index (χ0v) is 11.7. The van der Waals surface area contributed by atoms with Crippen molar-refractivity contribution in [2.45, 2.75) is 6.04 Å². The first-order valence-electron chi connectivity index (χ1n) is 6.58. The summed E-state index contributed by atoms with van der Waals surface area (Å²) >= 11 is 0. The molecule has 0 saturated carbocycles. The second-order valence-corrected chi connectivity index (χ2v) is 4.39. The number of carbonyl (C=O) groups excluding carboxylic acids is 1. The molecule has 2 rings (SSSR count). The molecule has 2 aromatic rings. The van der Waals surface area contributed by atoms with E-state index >= 15 is 0 Å². The largest absolute Gasteiger partial charge is 0.466 e. The molecule has 0 saturated heterocycles. The summed E-state index contributed by atoms with van der Waals surface area (Å²) in [6.07, 6.45) is 3.45. The van der Waals surface area contributed by atoms with Crippen LogP contribution in [0, 0.1) is 11.8 Å². The number of rotatable bonds is 5. The lowest BCUT2D eigenvalue weighted by molar-refractivity contribution is -0.129. The van der Waals surface area contributed by atoms with Gasteiger partial charge in [-0.05, 0) is 30.8 Å². The molecular weight excluding hydrogens is 264 g/mol. The molecule has 1 N–H and O–H groups in total. The third kappa shape index (κ3) is 4.44. The monoisotopic (exact) mass is 280 g/mol. The van der Waals surface area contributed by atoms with E-state index in [4.69, 9.17) is 4.74 Å². The van der Waals surface area contributed by atoms with Gasteiger partial charge in [0.15, 0.2) is 0 Å². The van der Waals surface area contributed by atoms with Crippen LogP contribution >= 0.6 is 0 Å². The maximum absolute atomic E-state index is 10.3. The SMILES string of the molecule is CN[C@@H](COC=O)c1cncc(C#Cc2ccccc2)c1. The van der Waals surface area contributed by atoms with E-state index < -0.39 is 0 Å². The molecule has 0 aliphatic heterocycles. The molecule has 4 nitrogen and oxygen atoms in total. The Hall–Kier alpha value is -2.64. The van der Waals surface area contributed by atoms with Crippen molar-refractivity contribution >= 4 is 6.47 Å². The number of likely N-dealkylation sites (N-methyl/N-ethyl adjacent to an activating group) is 1. The quantitative estimate of drug-likeness (QED) is 0.671. The van der Waals surface area contributed by atoms with Crippen LogP contribution in [0.3, 0.4) is 0 Å². The highest BCUT2D eigenvalue weighted by molar-refractivity contribution is 5.43. The van der Waals surface area contributed by atoms with Crippen LogP contribution in [0.4, 0.5) is 0 Å². The highest BCUT2D eigenvalue weighted by Gasteiger charge is 2.10. The van der Waals surface area contributed by atoms with E-state index in [1.165, 1.54) is 0 Å². The van der Waals surface area contributed by atoms with Crippen LogP contribution in [0.5, 0.6) is 0 Å². The topological polar surface area (TPSA) is 51.2 Å². The highest BCUT2D eigenvalue weighted by atomic mass is 16.5. The summed E-state index contributed by atoms with van der Waals surface area (Å²) < 4.78 is 4.80. The van der Waals surface area contributed by atoms with Crippen molar-refractivity contribution in [2.24, 2.45) is 0 Å². The van der Waals surface area contributed by atoms with Gasteiger partial charge in [0.2, 0.25) is 0 Å². The molecule has 1 atom stereocenters. The fraction of sp³-hybridized carbons (Fsp3) is 0.176. The van der Waals surface area contributed by atoms with E-state index in [-0.39, 0.29) is 12.6 Å². The summed E-state index contributed by atoms with van der Waals surface area (Å²) in [6.45, 7) is 0.702. The number of benzene rings is 1. The van der Waals surface area contributed by atoms with E-state index in [9.17, 15) is 4.79 Å². The molecule has 0 radical (unpaired) electrons. The summed E-state index contributed by atoms with van der Waals surface area (Å²) in [5.74, 6) is 6.18. The van der Waals surface area contributed by atoms with Crippen molar-refractivity contribution in [3.8, 4) is 11.8 Å². The fourth-order valence-corrected chi connectivity index (χ4v) is 1.86. The third-order valence-corrected chi connectivity index (χ3v) is 2.97. The second kappa shape index (κ2) is 7.83. The van der Waals surface area contributed by atoms with Crippen molar-refractivity contribution in [2.75, 3.05) is 13.7 Å². The Morgan fingerprint density at radius 1 is 1.24 bits per heavy atom. The van der Waals surface area contributed by atoms with Crippen LogP contribution in [0.15, 0.2) is 48.8 Å². The van der Waals surface area contributed by atoms with Crippen LogP contribution in [-0.4, -0.2) is 25.1 Å². The number of ether oxygens (including phenoxy) is 1. The standard InChI is InChI=1S/C17H16N2O2/c1-18-17(12-21-13-20)16-9-15(10-19-11-16)8-7-14-5-3-2-4-6-14/h2-6,9-11,13,17-18H,12H2,1H3/t17-/m0/s1. The number of pyridine rings is 1. The Balaban J connectivity index is 2.17. The second-order valence-electron chi connectivity index (χ2n) is 4.39. The van der Waals surface area contributed by atoms with Gasteiger partial charge in [-0.25, -0.2) is 0 Å². The Morgan fingerprint density at radius 3 is 2.71 bits per heavy atom. The molecule has 1 aromatic carbocycles. The highest BCUT2D eigenvalue weighted by Crippen LogP contribution is 2.13. The number of aromatic nitrogens is 1. The first kappa shape index (κ1) is 14.8. The zero-order valence-electron chi connectivity index (χ0n) is 11.7. The molecule has 0 bridgehead atoms.